The predicted octanol–water partition coefficient (Wildman–Crippen LogP) is 4.35. The highest BCUT2D eigenvalue weighted by molar-refractivity contribution is 9.10. The van der Waals surface area contributed by atoms with Crippen LogP contribution in [0, 0.1) is 5.82 Å². The second kappa shape index (κ2) is 7.84. The summed E-state index contributed by atoms with van der Waals surface area (Å²) in [5.74, 6) is -0.542. The monoisotopic (exact) mass is 364 g/mol. The number of nitrogens with one attached hydrogen (secondary N) is 2. The predicted molar refractivity (Wildman–Crippen MR) is 84.7 cm³/mol. The third-order valence-electron chi connectivity index (χ3n) is 2.87. The van der Waals surface area contributed by atoms with Crippen molar-refractivity contribution >= 4 is 39.1 Å². The number of benzene rings is 1. The molecular weight excluding hydrogens is 347 g/mol. The first-order valence-electron chi connectivity index (χ1n) is 6.56. The van der Waals surface area contributed by atoms with Crippen LogP contribution in [-0.4, -0.2) is 18.0 Å². The van der Waals surface area contributed by atoms with E-state index in [1.807, 2.05) is 6.92 Å². The molecule has 0 heterocycles. The summed E-state index contributed by atoms with van der Waals surface area (Å²) >= 11 is 9.21. The topological polar surface area (TPSA) is 41.1 Å². The van der Waals surface area contributed by atoms with Crippen molar-refractivity contribution < 1.29 is 9.18 Å². The molecule has 0 saturated carbocycles. The Morgan fingerprint density at radius 3 is 2.65 bits per heavy atom. The minimum absolute atomic E-state index is 0.113. The van der Waals surface area contributed by atoms with Crippen molar-refractivity contribution in [3.8, 4) is 0 Å². The Kier molecular flexibility index (Phi) is 6.76. The van der Waals surface area contributed by atoms with Gasteiger partial charge in [0.05, 0.1) is 10.7 Å². The summed E-state index contributed by atoms with van der Waals surface area (Å²) in [5, 5.41) is 6.15. The summed E-state index contributed by atoms with van der Waals surface area (Å²) in [6.45, 7) is 5.77. The number of halogens is 3. The molecule has 1 amide bonds. The number of anilines is 1. The summed E-state index contributed by atoms with van der Waals surface area (Å²) in [5.41, 5.74) is 0.513. The smallest absolute Gasteiger partial charge is 0.242 e. The zero-order chi connectivity index (χ0) is 15.3. The van der Waals surface area contributed by atoms with Crippen molar-refractivity contribution in [2.75, 3.05) is 5.32 Å². The molecule has 20 heavy (non-hydrogen) atoms. The van der Waals surface area contributed by atoms with E-state index in [-0.39, 0.29) is 17.0 Å². The standard InChI is InChI=1S/C14H19BrClFN2O/c1-4-5-8(2)18-14(20)9(3)19-13-11(15)6-10(17)7-12(13)16/h6-9,19H,4-5H2,1-3H3,(H,18,20). The molecule has 0 spiro atoms. The van der Waals surface area contributed by atoms with E-state index in [0.29, 0.717) is 10.2 Å². The minimum Gasteiger partial charge on any atom is -0.372 e. The summed E-state index contributed by atoms with van der Waals surface area (Å²) in [7, 11) is 0. The average Bonchev–Trinajstić information content (AvgIpc) is 2.33. The molecule has 6 heteroatoms. The van der Waals surface area contributed by atoms with Crippen molar-refractivity contribution in [1.82, 2.24) is 5.32 Å². The first-order chi connectivity index (χ1) is 9.35. The Bertz CT molecular complexity index is 461. The van der Waals surface area contributed by atoms with E-state index in [2.05, 4.69) is 33.5 Å². The molecule has 1 aromatic rings. The van der Waals surface area contributed by atoms with Crippen molar-refractivity contribution in [2.24, 2.45) is 0 Å². The van der Waals surface area contributed by atoms with Gasteiger partial charge in [-0.15, -0.1) is 0 Å². The van der Waals surface area contributed by atoms with E-state index in [0.717, 1.165) is 12.8 Å². The van der Waals surface area contributed by atoms with Crippen LogP contribution in [0.5, 0.6) is 0 Å². The van der Waals surface area contributed by atoms with E-state index in [1.54, 1.807) is 6.92 Å². The van der Waals surface area contributed by atoms with Crippen LogP contribution in [0.1, 0.15) is 33.6 Å². The van der Waals surface area contributed by atoms with Crippen LogP contribution in [0.2, 0.25) is 5.02 Å². The van der Waals surface area contributed by atoms with Gasteiger partial charge in [-0.3, -0.25) is 4.79 Å². The molecule has 1 aromatic carbocycles. The van der Waals surface area contributed by atoms with Crippen molar-refractivity contribution in [1.29, 1.82) is 0 Å². The quantitative estimate of drug-likeness (QED) is 0.787. The van der Waals surface area contributed by atoms with Crippen molar-refractivity contribution in [3.63, 3.8) is 0 Å². The molecule has 0 aliphatic rings. The molecule has 0 aliphatic carbocycles. The Balaban J connectivity index is 2.71. The summed E-state index contributed by atoms with van der Waals surface area (Å²) in [6.07, 6.45) is 1.94. The third kappa shape index (κ3) is 4.94. The van der Waals surface area contributed by atoms with E-state index in [9.17, 15) is 9.18 Å². The van der Waals surface area contributed by atoms with E-state index < -0.39 is 11.9 Å². The van der Waals surface area contributed by atoms with Crippen molar-refractivity contribution in [3.05, 3.63) is 27.4 Å². The van der Waals surface area contributed by atoms with Gasteiger partial charge in [-0.2, -0.15) is 0 Å². The fourth-order valence-corrected chi connectivity index (χ4v) is 2.76. The zero-order valence-corrected chi connectivity index (χ0v) is 14.1. The second-order valence-electron chi connectivity index (χ2n) is 4.81. The van der Waals surface area contributed by atoms with E-state index in [4.69, 9.17) is 11.6 Å². The van der Waals surface area contributed by atoms with Gasteiger partial charge in [-0.1, -0.05) is 24.9 Å². The van der Waals surface area contributed by atoms with Gasteiger partial charge in [-0.05, 0) is 48.3 Å². The number of amides is 1. The molecule has 0 radical (unpaired) electrons. The number of rotatable bonds is 6. The fraction of sp³-hybridized carbons (Fsp3) is 0.500. The summed E-state index contributed by atoms with van der Waals surface area (Å²) < 4.78 is 13.6. The van der Waals surface area contributed by atoms with Crippen LogP contribution >= 0.6 is 27.5 Å². The number of carbonyl (C=O) groups excluding carboxylic acids is 1. The van der Waals surface area contributed by atoms with Gasteiger partial charge in [0.25, 0.3) is 0 Å². The van der Waals surface area contributed by atoms with Crippen LogP contribution in [0.15, 0.2) is 16.6 Å². The van der Waals surface area contributed by atoms with Gasteiger partial charge in [-0.25, -0.2) is 4.39 Å². The lowest BCUT2D eigenvalue weighted by molar-refractivity contribution is -0.122. The maximum Gasteiger partial charge on any atom is 0.242 e. The molecule has 0 bridgehead atoms. The Labute approximate surface area is 132 Å². The SMILES string of the molecule is CCCC(C)NC(=O)C(C)Nc1c(Cl)cc(F)cc1Br. The van der Waals surface area contributed by atoms with Gasteiger partial charge in [0.15, 0.2) is 0 Å². The molecule has 0 saturated heterocycles. The van der Waals surface area contributed by atoms with Gasteiger partial charge in [0, 0.05) is 10.5 Å². The fourth-order valence-electron chi connectivity index (χ4n) is 1.84. The summed E-state index contributed by atoms with van der Waals surface area (Å²) in [4.78, 5) is 12.0. The lowest BCUT2D eigenvalue weighted by Crippen LogP contribution is -2.42. The highest BCUT2D eigenvalue weighted by Crippen LogP contribution is 2.32. The normalized spacial score (nSPS) is 13.7. The largest absolute Gasteiger partial charge is 0.372 e. The molecule has 0 aliphatic heterocycles. The van der Waals surface area contributed by atoms with Crippen LogP contribution in [0.4, 0.5) is 10.1 Å². The van der Waals surface area contributed by atoms with E-state index >= 15 is 0 Å². The lowest BCUT2D eigenvalue weighted by atomic mass is 10.2. The molecule has 1 rings (SSSR count). The molecule has 2 N–H and O–H groups in total. The molecule has 2 unspecified atom stereocenters. The first-order valence-corrected chi connectivity index (χ1v) is 7.73. The minimum atomic E-state index is -0.464. The second-order valence-corrected chi connectivity index (χ2v) is 6.07. The molecule has 112 valence electrons. The van der Waals surface area contributed by atoms with Gasteiger partial charge >= 0.3 is 0 Å². The summed E-state index contributed by atoms with van der Waals surface area (Å²) in [6, 6.07) is 2.18. The highest BCUT2D eigenvalue weighted by atomic mass is 79.9. The van der Waals surface area contributed by atoms with Crippen LogP contribution in [0.3, 0.4) is 0 Å². The Morgan fingerprint density at radius 2 is 2.10 bits per heavy atom. The number of carbonyl (C=O) groups is 1. The maximum atomic E-state index is 13.1. The van der Waals surface area contributed by atoms with Crippen molar-refractivity contribution in [2.45, 2.75) is 45.7 Å². The highest BCUT2D eigenvalue weighted by Gasteiger charge is 2.17. The van der Waals surface area contributed by atoms with Crippen LogP contribution < -0.4 is 10.6 Å². The van der Waals surface area contributed by atoms with Gasteiger partial charge in [0.1, 0.15) is 11.9 Å². The molecule has 0 aromatic heterocycles. The molecule has 3 nitrogen and oxygen atoms in total. The van der Waals surface area contributed by atoms with Crippen LogP contribution in [-0.2, 0) is 4.79 Å². The Hall–Kier alpha value is -0.810. The van der Waals surface area contributed by atoms with Crippen LogP contribution in [0.25, 0.3) is 0 Å². The molecule has 0 fully saturated rings. The lowest BCUT2D eigenvalue weighted by Gasteiger charge is -2.20. The Morgan fingerprint density at radius 1 is 1.45 bits per heavy atom. The number of hydrogen-bond acceptors (Lipinski definition) is 2. The first kappa shape index (κ1) is 17.2. The maximum absolute atomic E-state index is 13.1. The van der Waals surface area contributed by atoms with E-state index in [1.165, 1.54) is 12.1 Å². The molecular formula is C14H19BrClFN2O. The van der Waals surface area contributed by atoms with Gasteiger partial charge in [0.2, 0.25) is 5.91 Å². The molecule has 2 atom stereocenters. The average molecular weight is 366 g/mol. The zero-order valence-electron chi connectivity index (χ0n) is 11.8. The number of hydrogen-bond donors (Lipinski definition) is 2. The van der Waals surface area contributed by atoms with Gasteiger partial charge < -0.3 is 10.6 Å². The third-order valence-corrected chi connectivity index (χ3v) is 3.79.